The summed E-state index contributed by atoms with van der Waals surface area (Å²) < 4.78 is 10.3. The van der Waals surface area contributed by atoms with Crippen LogP contribution in [-0.2, 0) is 19.1 Å². The molecule has 1 atom stereocenters. The van der Waals surface area contributed by atoms with Crippen molar-refractivity contribution in [3.8, 4) is 0 Å². The first-order valence-electron chi connectivity index (χ1n) is 6.37. The number of carbonyl (C=O) groups excluding carboxylic acids is 2. The van der Waals surface area contributed by atoms with Gasteiger partial charge in [-0.3, -0.25) is 4.79 Å². The van der Waals surface area contributed by atoms with Crippen LogP contribution >= 0.6 is 21.6 Å². The molecule has 0 saturated carbocycles. The zero-order chi connectivity index (χ0) is 15.6. The molecule has 0 aromatic carbocycles. The molecule has 0 aromatic heterocycles. The number of nitrogens with zero attached hydrogens (tertiary/aromatic N) is 1. The number of carbonyl (C=O) groups is 2. The Morgan fingerprint density at radius 2 is 1.90 bits per heavy atom. The van der Waals surface area contributed by atoms with Crippen molar-refractivity contribution in [3.05, 3.63) is 0 Å². The lowest BCUT2D eigenvalue weighted by Gasteiger charge is -2.31. The van der Waals surface area contributed by atoms with E-state index in [9.17, 15) is 9.59 Å². The van der Waals surface area contributed by atoms with Crippen LogP contribution in [0.4, 0.5) is 0 Å². The maximum absolute atomic E-state index is 12.1. The van der Waals surface area contributed by atoms with Crippen molar-refractivity contribution >= 4 is 33.8 Å². The molecular weight excluding hydrogens is 298 g/mol. The Morgan fingerprint density at radius 3 is 2.30 bits per heavy atom. The van der Waals surface area contributed by atoms with Crippen molar-refractivity contribution < 1.29 is 19.1 Å². The summed E-state index contributed by atoms with van der Waals surface area (Å²) in [7, 11) is 8.25. The van der Waals surface area contributed by atoms with E-state index in [-0.39, 0.29) is 10.7 Å². The Labute approximate surface area is 129 Å². The van der Waals surface area contributed by atoms with Crippen molar-refractivity contribution in [2.45, 2.75) is 30.6 Å². The van der Waals surface area contributed by atoms with Gasteiger partial charge in [-0.2, -0.15) is 0 Å². The van der Waals surface area contributed by atoms with Gasteiger partial charge < -0.3 is 19.2 Å². The molecule has 0 heterocycles. The number of hydrogen-bond acceptors (Lipinski definition) is 6. The Kier molecular flexibility index (Phi) is 10.4. The molecule has 0 rings (SSSR count). The molecule has 7 heteroatoms. The molecule has 0 fully saturated rings. The van der Waals surface area contributed by atoms with Gasteiger partial charge in [-0.25, -0.2) is 0 Å². The van der Waals surface area contributed by atoms with Gasteiger partial charge >= 0.3 is 0 Å². The van der Waals surface area contributed by atoms with Crippen LogP contribution in [0.3, 0.4) is 0 Å². The van der Waals surface area contributed by atoms with Gasteiger partial charge in [0.2, 0.25) is 5.91 Å². The molecule has 0 aliphatic carbocycles. The van der Waals surface area contributed by atoms with E-state index in [4.69, 9.17) is 9.47 Å². The van der Waals surface area contributed by atoms with Crippen LogP contribution in [0.15, 0.2) is 0 Å². The monoisotopic (exact) mass is 323 g/mol. The second-order valence-corrected chi connectivity index (χ2v) is 7.55. The molecular formula is C13H25NO4S2. The van der Waals surface area contributed by atoms with Crippen molar-refractivity contribution in [3.63, 3.8) is 0 Å². The van der Waals surface area contributed by atoms with Gasteiger partial charge in [0.05, 0.1) is 24.0 Å². The van der Waals surface area contributed by atoms with Gasteiger partial charge in [0.15, 0.2) is 0 Å². The molecule has 118 valence electrons. The van der Waals surface area contributed by atoms with Crippen molar-refractivity contribution in [2.24, 2.45) is 0 Å². The van der Waals surface area contributed by atoms with E-state index in [1.165, 1.54) is 4.90 Å². The van der Waals surface area contributed by atoms with E-state index in [1.54, 1.807) is 49.8 Å². The molecule has 0 aliphatic heterocycles. The average molecular weight is 323 g/mol. The van der Waals surface area contributed by atoms with Gasteiger partial charge in [-0.1, -0.05) is 21.6 Å². The van der Waals surface area contributed by atoms with Crippen LogP contribution in [-0.4, -0.2) is 68.6 Å². The van der Waals surface area contributed by atoms with Gasteiger partial charge in [0.1, 0.15) is 6.29 Å². The zero-order valence-corrected chi connectivity index (χ0v) is 14.5. The summed E-state index contributed by atoms with van der Waals surface area (Å²) in [6.07, 6.45) is 3.78. The highest BCUT2D eigenvalue weighted by Crippen LogP contribution is 2.38. The predicted octanol–water partition coefficient (Wildman–Crippen LogP) is 1.86. The molecule has 0 N–H and O–H groups in total. The largest absolute Gasteiger partial charge is 0.383 e. The van der Waals surface area contributed by atoms with Gasteiger partial charge in [0.25, 0.3) is 0 Å². The van der Waals surface area contributed by atoms with E-state index in [0.29, 0.717) is 26.1 Å². The first-order chi connectivity index (χ1) is 9.46. The minimum atomic E-state index is -0.394. The van der Waals surface area contributed by atoms with Crippen LogP contribution in [0.2, 0.25) is 0 Å². The lowest BCUT2D eigenvalue weighted by atomic mass is 10.0. The number of likely N-dealkylation sites (N-methyl/N-ethyl adjacent to an activating group) is 1. The van der Waals surface area contributed by atoms with Crippen LogP contribution < -0.4 is 0 Å². The van der Waals surface area contributed by atoms with Crippen LogP contribution in [0, 0.1) is 0 Å². The Balaban J connectivity index is 4.65. The SMILES string of the molecule is COCC(CCC(=O)N(C)[C@H](C)C=O)(COC)SSC. The molecule has 1 amide bonds. The third kappa shape index (κ3) is 6.47. The third-order valence-corrected chi connectivity index (χ3v) is 5.59. The van der Waals surface area contributed by atoms with Crippen molar-refractivity contribution in [1.29, 1.82) is 0 Å². The number of rotatable bonds is 11. The fourth-order valence-corrected chi connectivity index (χ4v) is 4.28. The first kappa shape index (κ1) is 19.8. The summed E-state index contributed by atoms with van der Waals surface area (Å²) in [4.78, 5) is 24.3. The summed E-state index contributed by atoms with van der Waals surface area (Å²) in [5.74, 6) is -0.0390. The minimum Gasteiger partial charge on any atom is -0.383 e. The van der Waals surface area contributed by atoms with E-state index >= 15 is 0 Å². The fourth-order valence-electron chi connectivity index (χ4n) is 1.81. The van der Waals surface area contributed by atoms with Crippen LogP contribution in [0.5, 0.6) is 0 Å². The third-order valence-electron chi connectivity index (χ3n) is 3.07. The summed E-state index contributed by atoms with van der Waals surface area (Å²) >= 11 is 0. The van der Waals surface area contributed by atoms with E-state index < -0.39 is 6.04 Å². The van der Waals surface area contributed by atoms with Gasteiger partial charge in [-0.15, -0.1) is 0 Å². The fraction of sp³-hybridized carbons (Fsp3) is 0.846. The standard InChI is InChI=1S/C13H25NO4S2/c1-11(8-15)14(2)12(16)6-7-13(9-17-3,10-18-4)20-19-5/h8,11H,6-7,9-10H2,1-5H3/t11-/m1/s1. The van der Waals surface area contributed by atoms with Crippen LogP contribution in [0.25, 0.3) is 0 Å². The Bertz CT molecular complexity index is 285. The number of ether oxygens (including phenoxy) is 2. The molecule has 20 heavy (non-hydrogen) atoms. The minimum absolute atomic E-state index is 0.0390. The highest BCUT2D eigenvalue weighted by atomic mass is 33.1. The summed E-state index contributed by atoms with van der Waals surface area (Å²) in [5.41, 5.74) is 0. The van der Waals surface area contributed by atoms with E-state index in [2.05, 4.69) is 0 Å². The number of amides is 1. The summed E-state index contributed by atoms with van der Waals surface area (Å²) in [5, 5.41) is 0. The molecule has 0 aliphatic rings. The summed E-state index contributed by atoms with van der Waals surface area (Å²) in [6, 6.07) is -0.394. The lowest BCUT2D eigenvalue weighted by Crippen LogP contribution is -2.40. The van der Waals surface area contributed by atoms with Crippen LogP contribution in [0.1, 0.15) is 19.8 Å². The molecule has 0 saturated heterocycles. The maximum Gasteiger partial charge on any atom is 0.222 e. The molecule has 0 bridgehead atoms. The van der Waals surface area contributed by atoms with Crippen molar-refractivity contribution in [1.82, 2.24) is 4.90 Å². The first-order valence-corrected chi connectivity index (χ1v) is 8.92. The van der Waals surface area contributed by atoms with E-state index in [1.807, 2.05) is 6.26 Å². The van der Waals surface area contributed by atoms with Gasteiger partial charge in [-0.05, 0) is 19.6 Å². The Hall–Kier alpha value is -0.240. The normalized spacial score (nSPS) is 13.1. The smallest absolute Gasteiger partial charge is 0.222 e. The van der Waals surface area contributed by atoms with Crippen molar-refractivity contribution in [2.75, 3.05) is 40.7 Å². The topological polar surface area (TPSA) is 55.8 Å². The predicted molar refractivity (Wildman–Crippen MR) is 85.1 cm³/mol. The molecule has 5 nitrogen and oxygen atoms in total. The summed E-state index contributed by atoms with van der Waals surface area (Å²) in [6.45, 7) is 2.75. The number of aldehydes is 1. The highest BCUT2D eigenvalue weighted by Gasteiger charge is 2.32. The quantitative estimate of drug-likeness (QED) is 0.427. The van der Waals surface area contributed by atoms with E-state index in [0.717, 1.165) is 6.29 Å². The number of methoxy groups -OCH3 is 2. The number of hydrogen-bond donors (Lipinski definition) is 0. The second kappa shape index (κ2) is 10.5. The molecule has 0 unspecified atom stereocenters. The Morgan fingerprint density at radius 1 is 1.35 bits per heavy atom. The average Bonchev–Trinajstić information content (AvgIpc) is 2.44. The molecule has 0 aromatic rings. The van der Waals surface area contributed by atoms with Gasteiger partial charge in [0, 0.05) is 27.7 Å². The molecule has 0 radical (unpaired) electrons. The lowest BCUT2D eigenvalue weighted by molar-refractivity contribution is -0.134. The highest BCUT2D eigenvalue weighted by molar-refractivity contribution is 8.77. The maximum atomic E-state index is 12.1. The zero-order valence-electron chi connectivity index (χ0n) is 12.9. The molecule has 0 spiro atoms. The second-order valence-electron chi connectivity index (χ2n) is 4.68.